The van der Waals surface area contributed by atoms with Crippen LogP contribution in [-0.4, -0.2) is 29.6 Å². The number of hydrogen-bond donors (Lipinski definition) is 1. The third-order valence-corrected chi connectivity index (χ3v) is 5.72. The van der Waals surface area contributed by atoms with Crippen LogP contribution >= 0.6 is 11.8 Å². The molecule has 3 rings (SSSR count). The summed E-state index contributed by atoms with van der Waals surface area (Å²) in [5.74, 6) is 2.81. The van der Waals surface area contributed by atoms with Crippen LogP contribution in [0.1, 0.15) is 49.0 Å². The number of rotatable bonds is 5. The van der Waals surface area contributed by atoms with Crippen molar-refractivity contribution in [2.75, 3.05) is 24.7 Å². The highest BCUT2D eigenvalue weighted by Crippen LogP contribution is 2.36. The molecule has 2 aromatic rings. The van der Waals surface area contributed by atoms with Crippen molar-refractivity contribution in [2.24, 2.45) is 7.05 Å². The maximum Gasteiger partial charge on any atom is 0.130 e. The van der Waals surface area contributed by atoms with Gasteiger partial charge in [-0.25, -0.2) is 0 Å². The normalized spacial score (nSPS) is 17.2. The van der Waals surface area contributed by atoms with E-state index in [0.29, 0.717) is 12.0 Å². The highest BCUT2D eigenvalue weighted by Gasteiger charge is 2.23. The molecule has 0 saturated heterocycles. The van der Waals surface area contributed by atoms with Crippen LogP contribution in [0.25, 0.3) is 0 Å². The van der Waals surface area contributed by atoms with Crippen molar-refractivity contribution in [3.05, 3.63) is 41.1 Å². The van der Waals surface area contributed by atoms with Gasteiger partial charge >= 0.3 is 0 Å². The lowest BCUT2D eigenvalue weighted by molar-refractivity contribution is 0.508. The second-order valence-corrected chi connectivity index (χ2v) is 8.11. The van der Waals surface area contributed by atoms with Gasteiger partial charge in [0.2, 0.25) is 0 Å². The zero-order chi connectivity index (χ0) is 17.3. The van der Waals surface area contributed by atoms with Crippen LogP contribution in [0, 0.1) is 0 Å². The van der Waals surface area contributed by atoms with Gasteiger partial charge in [0.25, 0.3) is 0 Å². The molecule has 1 aliphatic rings. The number of nitrogens with one attached hydrogen (secondary N) is 1. The molecular formula is C19H28N4S. The van der Waals surface area contributed by atoms with Crippen molar-refractivity contribution >= 4 is 17.6 Å². The summed E-state index contributed by atoms with van der Waals surface area (Å²) in [4.78, 5) is 3.59. The third-order valence-electron chi connectivity index (χ3n) is 4.60. The Morgan fingerprint density at radius 1 is 1.33 bits per heavy atom. The molecule has 4 nitrogen and oxygen atoms in total. The van der Waals surface area contributed by atoms with Crippen LogP contribution in [0.15, 0.2) is 29.2 Å². The van der Waals surface area contributed by atoms with Crippen LogP contribution < -0.4 is 10.2 Å². The van der Waals surface area contributed by atoms with Crippen molar-refractivity contribution in [2.45, 2.75) is 43.7 Å². The fourth-order valence-electron chi connectivity index (χ4n) is 3.55. The van der Waals surface area contributed by atoms with Crippen LogP contribution in [0.3, 0.4) is 0 Å². The quantitative estimate of drug-likeness (QED) is 0.891. The van der Waals surface area contributed by atoms with E-state index < -0.39 is 0 Å². The van der Waals surface area contributed by atoms with Gasteiger partial charge in [0.15, 0.2) is 0 Å². The van der Waals surface area contributed by atoms with Crippen molar-refractivity contribution in [3.8, 4) is 0 Å². The van der Waals surface area contributed by atoms with Gasteiger partial charge in [0.05, 0.1) is 5.69 Å². The first kappa shape index (κ1) is 17.4. The number of thioether (sulfide) groups is 1. The lowest BCUT2D eigenvalue weighted by Gasteiger charge is -2.26. The van der Waals surface area contributed by atoms with E-state index in [2.05, 4.69) is 62.4 Å². The van der Waals surface area contributed by atoms with Crippen molar-refractivity contribution < 1.29 is 0 Å². The van der Waals surface area contributed by atoms with Crippen LogP contribution in [0.2, 0.25) is 0 Å². The molecule has 0 saturated carbocycles. The number of benzene rings is 1. The van der Waals surface area contributed by atoms with Gasteiger partial charge in [0, 0.05) is 44.2 Å². The van der Waals surface area contributed by atoms with Crippen LogP contribution in [0.5, 0.6) is 0 Å². The number of aryl methyl sites for hydroxylation is 1. The van der Waals surface area contributed by atoms with Gasteiger partial charge in [-0.3, -0.25) is 4.68 Å². The Bertz CT molecular complexity index is 705. The molecule has 1 aromatic carbocycles. The maximum absolute atomic E-state index is 4.77. The topological polar surface area (TPSA) is 33.1 Å². The fraction of sp³-hybridized carbons (Fsp3) is 0.526. The van der Waals surface area contributed by atoms with Crippen molar-refractivity contribution in [1.82, 2.24) is 15.1 Å². The van der Waals surface area contributed by atoms with Gasteiger partial charge < -0.3 is 10.2 Å². The summed E-state index contributed by atoms with van der Waals surface area (Å²) in [6.45, 7) is 5.30. The molecule has 1 atom stereocenters. The Morgan fingerprint density at radius 3 is 2.79 bits per heavy atom. The SMILES string of the molecule is CC(C)c1nn(C)c(N(C)C)c1CN[C@H]1CCSc2ccccc21. The molecule has 24 heavy (non-hydrogen) atoms. The summed E-state index contributed by atoms with van der Waals surface area (Å²) in [5.41, 5.74) is 3.97. The maximum atomic E-state index is 4.77. The molecule has 1 aliphatic heterocycles. The number of nitrogens with zero attached hydrogens (tertiary/aromatic N) is 3. The van der Waals surface area contributed by atoms with Gasteiger partial charge in [0.1, 0.15) is 5.82 Å². The molecule has 5 heteroatoms. The zero-order valence-electron chi connectivity index (χ0n) is 15.3. The number of aromatic nitrogens is 2. The van der Waals surface area contributed by atoms with E-state index in [1.54, 1.807) is 0 Å². The standard InChI is InChI=1S/C19H28N4S/c1-13(2)18-15(19(22(3)4)23(5)21-18)12-20-16-10-11-24-17-9-7-6-8-14(16)17/h6-9,13,16,20H,10-12H2,1-5H3/t16-/m0/s1. The minimum Gasteiger partial charge on any atom is -0.363 e. The summed E-state index contributed by atoms with van der Waals surface area (Å²) >= 11 is 1.97. The highest BCUT2D eigenvalue weighted by atomic mass is 32.2. The van der Waals surface area contributed by atoms with E-state index in [0.717, 1.165) is 6.54 Å². The predicted molar refractivity (Wildman–Crippen MR) is 103 cm³/mol. The second kappa shape index (κ2) is 7.19. The molecule has 0 spiro atoms. The van der Waals surface area contributed by atoms with E-state index in [-0.39, 0.29) is 0 Å². The summed E-state index contributed by atoms with van der Waals surface area (Å²) in [5, 5.41) is 8.57. The zero-order valence-corrected chi connectivity index (χ0v) is 16.2. The molecule has 1 aromatic heterocycles. The summed E-state index contributed by atoms with van der Waals surface area (Å²) < 4.78 is 2.01. The Morgan fingerprint density at radius 2 is 2.08 bits per heavy atom. The summed E-state index contributed by atoms with van der Waals surface area (Å²) in [6, 6.07) is 9.21. The average molecular weight is 345 g/mol. The molecule has 2 heterocycles. The Labute approximate surface area is 149 Å². The third kappa shape index (κ3) is 3.33. The average Bonchev–Trinajstić information content (AvgIpc) is 2.89. The molecular weight excluding hydrogens is 316 g/mol. The monoisotopic (exact) mass is 344 g/mol. The first-order valence-electron chi connectivity index (χ1n) is 8.67. The largest absolute Gasteiger partial charge is 0.363 e. The van der Waals surface area contributed by atoms with E-state index in [1.165, 1.54) is 39.7 Å². The first-order valence-corrected chi connectivity index (χ1v) is 9.65. The fourth-order valence-corrected chi connectivity index (χ4v) is 4.68. The molecule has 0 fully saturated rings. The number of anilines is 1. The molecule has 0 radical (unpaired) electrons. The second-order valence-electron chi connectivity index (χ2n) is 6.97. The highest BCUT2D eigenvalue weighted by molar-refractivity contribution is 7.99. The molecule has 0 unspecified atom stereocenters. The van der Waals surface area contributed by atoms with Crippen molar-refractivity contribution in [1.29, 1.82) is 0 Å². The summed E-state index contributed by atoms with van der Waals surface area (Å²) in [7, 11) is 6.23. The molecule has 0 bridgehead atoms. The van der Waals surface area contributed by atoms with Crippen molar-refractivity contribution in [3.63, 3.8) is 0 Å². The van der Waals surface area contributed by atoms with E-state index in [9.17, 15) is 0 Å². The smallest absolute Gasteiger partial charge is 0.130 e. The number of hydrogen-bond acceptors (Lipinski definition) is 4. The Balaban J connectivity index is 1.85. The molecule has 1 N–H and O–H groups in total. The lowest BCUT2D eigenvalue weighted by atomic mass is 10.0. The summed E-state index contributed by atoms with van der Waals surface area (Å²) in [6.07, 6.45) is 1.18. The molecule has 0 amide bonds. The lowest BCUT2D eigenvalue weighted by Crippen LogP contribution is -2.25. The minimum atomic E-state index is 0.427. The van der Waals surface area contributed by atoms with Gasteiger partial charge in [-0.15, -0.1) is 11.8 Å². The first-order chi connectivity index (χ1) is 11.5. The molecule has 130 valence electrons. The van der Waals surface area contributed by atoms with E-state index >= 15 is 0 Å². The van der Waals surface area contributed by atoms with E-state index in [1.807, 2.05) is 23.5 Å². The predicted octanol–water partition coefficient (Wildman–Crippen LogP) is 3.94. The molecule has 0 aliphatic carbocycles. The Hall–Kier alpha value is -1.46. The number of fused-ring (bicyclic) bond motifs is 1. The van der Waals surface area contributed by atoms with Gasteiger partial charge in [-0.1, -0.05) is 32.0 Å². The van der Waals surface area contributed by atoms with Crippen LogP contribution in [0.4, 0.5) is 5.82 Å². The Kier molecular flexibility index (Phi) is 5.21. The van der Waals surface area contributed by atoms with Gasteiger partial charge in [-0.05, 0) is 29.7 Å². The minimum absolute atomic E-state index is 0.427. The van der Waals surface area contributed by atoms with Crippen LogP contribution in [-0.2, 0) is 13.6 Å². The van der Waals surface area contributed by atoms with Gasteiger partial charge in [-0.2, -0.15) is 5.10 Å². The van der Waals surface area contributed by atoms with E-state index in [4.69, 9.17) is 5.10 Å².